The molecule has 2 rings (SSSR count). The second-order valence-corrected chi connectivity index (χ2v) is 5.02. The van der Waals surface area contributed by atoms with Crippen LogP contribution < -0.4 is 5.73 Å². The van der Waals surface area contributed by atoms with Crippen LogP contribution in [0, 0.1) is 0 Å². The van der Waals surface area contributed by atoms with Gasteiger partial charge in [0.15, 0.2) is 0 Å². The molecule has 0 bridgehead atoms. The van der Waals surface area contributed by atoms with E-state index < -0.39 is 0 Å². The third kappa shape index (κ3) is 2.53. The lowest BCUT2D eigenvalue weighted by Gasteiger charge is -2.05. The van der Waals surface area contributed by atoms with Crippen molar-refractivity contribution in [3.63, 3.8) is 0 Å². The smallest absolute Gasteiger partial charge is 0.216 e. The number of pyridine rings is 2. The van der Waals surface area contributed by atoms with Gasteiger partial charge in [0, 0.05) is 21.3 Å². The second-order valence-electron chi connectivity index (χ2n) is 3.25. The highest BCUT2D eigenvalue weighted by molar-refractivity contribution is 9.11. The first-order valence-corrected chi connectivity index (χ1v) is 6.24. The largest absolute Gasteiger partial charge is 0.383 e. The van der Waals surface area contributed by atoms with Crippen molar-refractivity contribution in [2.75, 3.05) is 5.73 Å². The zero-order chi connectivity index (χ0) is 12.4. The van der Waals surface area contributed by atoms with Crippen molar-refractivity contribution in [2.45, 2.75) is 0 Å². The molecule has 2 heterocycles. The summed E-state index contributed by atoms with van der Waals surface area (Å²) in [6, 6.07) is 5.05. The molecule has 0 aliphatic rings. The van der Waals surface area contributed by atoms with Crippen molar-refractivity contribution in [1.82, 2.24) is 9.97 Å². The Morgan fingerprint density at radius 1 is 1.29 bits per heavy atom. The molecule has 2 aromatic rings. The van der Waals surface area contributed by atoms with E-state index in [4.69, 9.17) is 5.73 Å². The Morgan fingerprint density at radius 3 is 2.71 bits per heavy atom. The average molecular weight is 357 g/mol. The maximum atomic E-state index is 12.2. The van der Waals surface area contributed by atoms with E-state index in [1.807, 2.05) is 0 Å². The summed E-state index contributed by atoms with van der Waals surface area (Å²) in [6.45, 7) is 0. The lowest BCUT2D eigenvalue weighted by molar-refractivity contribution is 0.103. The van der Waals surface area contributed by atoms with Crippen molar-refractivity contribution in [3.05, 3.63) is 50.8 Å². The number of anilines is 1. The molecule has 6 heteroatoms. The average Bonchev–Trinajstić information content (AvgIpc) is 2.29. The summed E-state index contributed by atoms with van der Waals surface area (Å²) in [4.78, 5) is 20.1. The Labute approximate surface area is 115 Å². The molecular weight excluding hydrogens is 350 g/mol. The minimum absolute atomic E-state index is 0.203. The molecular formula is C11H7Br2N3O. The molecule has 0 saturated carbocycles. The molecule has 4 nitrogen and oxygen atoms in total. The molecule has 0 spiro atoms. The predicted octanol–water partition coefficient (Wildman–Crippen LogP) is 2.81. The van der Waals surface area contributed by atoms with Gasteiger partial charge in [-0.05, 0) is 50.1 Å². The van der Waals surface area contributed by atoms with Crippen LogP contribution in [0.3, 0.4) is 0 Å². The zero-order valence-electron chi connectivity index (χ0n) is 8.52. The Kier molecular flexibility index (Phi) is 3.54. The van der Waals surface area contributed by atoms with Gasteiger partial charge in [-0.2, -0.15) is 0 Å². The summed E-state index contributed by atoms with van der Waals surface area (Å²) < 4.78 is 1.40. The van der Waals surface area contributed by atoms with E-state index in [2.05, 4.69) is 41.8 Å². The van der Waals surface area contributed by atoms with Crippen LogP contribution in [0.1, 0.15) is 16.1 Å². The molecule has 2 aromatic heterocycles. The van der Waals surface area contributed by atoms with E-state index in [-0.39, 0.29) is 11.6 Å². The van der Waals surface area contributed by atoms with E-state index in [1.165, 1.54) is 6.20 Å². The molecule has 0 radical (unpaired) electrons. The van der Waals surface area contributed by atoms with Crippen LogP contribution in [0.25, 0.3) is 0 Å². The molecule has 0 unspecified atom stereocenters. The number of carbonyl (C=O) groups is 1. The number of rotatable bonds is 2. The van der Waals surface area contributed by atoms with E-state index in [1.54, 1.807) is 24.4 Å². The Hall–Kier alpha value is -1.27. The minimum Gasteiger partial charge on any atom is -0.383 e. The number of nitrogens with zero attached hydrogens (tertiary/aromatic N) is 2. The number of hydrogen-bond acceptors (Lipinski definition) is 4. The van der Waals surface area contributed by atoms with Gasteiger partial charge >= 0.3 is 0 Å². The highest BCUT2D eigenvalue weighted by atomic mass is 79.9. The monoisotopic (exact) mass is 355 g/mol. The number of halogens is 2. The van der Waals surface area contributed by atoms with Crippen LogP contribution in [0.15, 0.2) is 39.5 Å². The van der Waals surface area contributed by atoms with Crippen LogP contribution in [-0.4, -0.2) is 15.8 Å². The number of hydrogen-bond donors (Lipinski definition) is 1. The van der Waals surface area contributed by atoms with Gasteiger partial charge in [0.25, 0.3) is 0 Å². The molecule has 0 saturated heterocycles. The lowest BCUT2D eigenvalue weighted by atomic mass is 10.1. The number of nitrogen functional groups attached to an aromatic ring is 1. The Morgan fingerprint density at radius 2 is 2.06 bits per heavy atom. The molecule has 0 amide bonds. The lowest BCUT2D eigenvalue weighted by Crippen LogP contribution is -2.09. The second kappa shape index (κ2) is 4.93. The highest BCUT2D eigenvalue weighted by Crippen LogP contribution is 2.23. The van der Waals surface area contributed by atoms with Crippen molar-refractivity contribution in [2.24, 2.45) is 0 Å². The summed E-state index contributed by atoms with van der Waals surface area (Å²) in [5.74, 6) is -0.0518. The molecule has 2 N–H and O–H groups in total. The summed E-state index contributed by atoms with van der Waals surface area (Å²) in [7, 11) is 0. The fourth-order valence-corrected chi connectivity index (χ4v) is 2.49. The van der Waals surface area contributed by atoms with Crippen molar-refractivity contribution in [3.8, 4) is 0 Å². The standard InChI is InChI=1S/C11H7Br2N3O/c12-6-4-8(13)9(16-5-6)10(17)7-2-1-3-15-11(7)14/h1-5H,(H2,14,15). The molecule has 0 aromatic carbocycles. The van der Waals surface area contributed by atoms with Crippen molar-refractivity contribution < 1.29 is 4.79 Å². The van der Waals surface area contributed by atoms with Crippen molar-refractivity contribution >= 4 is 43.5 Å². The maximum Gasteiger partial charge on any atom is 0.216 e. The third-order valence-electron chi connectivity index (χ3n) is 2.11. The summed E-state index contributed by atoms with van der Waals surface area (Å²) in [5.41, 5.74) is 6.32. The third-order valence-corrected chi connectivity index (χ3v) is 3.14. The van der Waals surface area contributed by atoms with Crippen LogP contribution in [0.2, 0.25) is 0 Å². The number of nitrogens with two attached hydrogens (primary N) is 1. The van der Waals surface area contributed by atoms with Crippen LogP contribution in [0.5, 0.6) is 0 Å². The van der Waals surface area contributed by atoms with Gasteiger partial charge in [-0.1, -0.05) is 0 Å². The minimum atomic E-state index is -0.255. The van der Waals surface area contributed by atoms with Gasteiger partial charge in [0.05, 0.1) is 5.56 Å². The zero-order valence-corrected chi connectivity index (χ0v) is 11.7. The summed E-state index contributed by atoms with van der Waals surface area (Å²) >= 11 is 6.57. The van der Waals surface area contributed by atoms with E-state index >= 15 is 0 Å². The normalized spacial score (nSPS) is 10.2. The first-order chi connectivity index (χ1) is 8.09. The molecule has 17 heavy (non-hydrogen) atoms. The number of carbonyl (C=O) groups excluding carboxylic acids is 1. The SMILES string of the molecule is Nc1ncccc1C(=O)c1ncc(Br)cc1Br. The molecule has 0 fully saturated rings. The van der Waals surface area contributed by atoms with Gasteiger partial charge in [-0.25, -0.2) is 4.98 Å². The summed E-state index contributed by atoms with van der Waals surface area (Å²) in [6.07, 6.45) is 3.10. The van der Waals surface area contributed by atoms with Crippen LogP contribution in [0.4, 0.5) is 5.82 Å². The van der Waals surface area contributed by atoms with Gasteiger partial charge in [-0.3, -0.25) is 9.78 Å². The van der Waals surface area contributed by atoms with Crippen LogP contribution >= 0.6 is 31.9 Å². The molecule has 0 aliphatic carbocycles. The fraction of sp³-hybridized carbons (Fsp3) is 0. The quantitative estimate of drug-likeness (QED) is 0.840. The predicted molar refractivity (Wildman–Crippen MR) is 71.7 cm³/mol. The first-order valence-electron chi connectivity index (χ1n) is 4.66. The van der Waals surface area contributed by atoms with E-state index in [9.17, 15) is 4.79 Å². The highest BCUT2D eigenvalue weighted by Gasteiger charge is 2.17. The molecule has 86 valence electrons. The first kappa shape index (κ1) is 12.2. The Balaban J connectivity index is 2.48. The maximum absolute atomic E-state index is 12.2. The fourth-order valence-electron chi connectivity index (χ4n) is 1.32. The number of ketones is 1. The van der Waals surface area contributed by atoms with E-state index in [0.717, 1.165) is 4.47 Å². The van der Waals surface area contributed by atoms with Gasteiger partial charge < -0.3 is 5.73 Å². The van der Waals surface area contributed by atoms with Gasteiger partial charge in [-0.15, -0.1) is 0 Å². The summed E-state index contributed by atoms with van der Waals surface area (Å²) in [5, 5.41) is 0. The van der Waals surface area contributed by atoms with E-state index in [0.29, 0.717) is 15.7 Å². The molecule has 0 aliphatic heterocycles. The van der Waals surface area contributed by atoms with Gasteiger partial charge in [0.1, 0.15) is 11.5 Å². The van der Waals surface area contributed by atoms with Crippen molar-refractivity contribution in [1.29, 1.82) is 0 Å². The van der Waals surface area contributed by atoms with Gasteiger partial charge in [0.2, 0.25) is 5.78 Å². The Bertz CT molecular complexity index is 587. The van der Waals surface area contributed by atoms with Crippen LogP contribution in [-0.2, 0) is 0 Å². The number of aromatic nitrogens is 2. The molecule has 0 atom stereocenters. The topological polar surface area (TPSA) is 68.9 Å².